The molecule has 5 nitrogen and oxygen atoms in total. The van der Waals surface area contributed by atoms with Gasteiger partial charge in [-0.2, -0.15) is 5.10 Å². The van der Waals surface area contributed by atoms with E-state index in [1.165, 1.54) is 16.3 Å². The summed E-state index contributed by atoms with van der Waals surface area (Å²) in [6, 6.07) is 23.7. The van der Waals surface area contributed by atoms with E-state index < -0.39 is 0 Å². The Morgan fingerprint density at radius 3 is 2.52 bits per heavy atom. The number of nitrogens with zero attached hydrogens (tertiary/aromatic N) is 2. The zero-order valence-electron chi connectivity index (χ0n) is 15.9. The van der Waals surface area contributed by atoms with E-state index in [9.17, 15) is 4.79 Å². The van der Waals surface area contributed by atoms with Crippen LogP contribution in [0, 0.1) is 0 Å². The van der Waals surface area contributed by atoms with Gasteiger partial charge in [0.2, 0.25) is 0 Å². The molecule has 2 N–H and O–H groups in total. The van der Waals surface area contributed by atoms with Crippen LogP contribution in [0.15, 0.2) is 79.0 Å². The van der Waals surface area contributed by atoms with Crippen LogP contribution in [0.1, 0.15) is 22.8 Å². The van der Waals surface area contributed by atoms with Gasteiger partial charge in [0.25, 0.3) is 0 Å². The molecule has 0 saturated heterocycles. The third-order valence-corrected chi connectivity index (χ3v) is 4.85. The lowest BCUT2D eigenvalue weighted by molar-refractivity contribution is 0.101. The van der Waals surface area contributed by atoms with Gasteiger partial charge in [0, 0.05) is 23.5 Å². The molecule has 0 fully saturated rings. The number of nitrogens with one attached hydrogen (secondary N) is 2. The second-order valence-corrected chi connectivity index (χ2v) is 7.16. The van der Waals surface area contributed by atoms with E-state index in [0.29, 0.717) is 23.0 Å². The summed E-state index contributed by atoms with van der Waals surface area (Å²) in [6.07, 6.45) is 1.92. The van der Waals surface area contributed by atoms with Crippen LogP contribution >= 0.6 is 12.2 Å². The van der Waals surface area contributed by atoms with Crippen LogP contribution in [0.25, 0.3) is 10.8 Å². The van der Waals surface area contributed by atoms with Crippen molar-refractivity contribution in [1.82, 2.24) is 9.78 Å². The first kappa shape index (κ1) is 18.8. The standard InChI is InChI=1S/C23H20N4OS/c1-16(28)17-9-11-20(12-10-17)24-23(29)25-22-13-14-27(26-22)15-19-7-4-6-18-5-2-3-8-21(18)19/h2-14H,15H2,1H3,(H2,24,25,26,29). The van der Waals surface area contributed by atoms with E-state index in [1.54, 1.807) is 19.1 Å². The van der Waals surface area contributed by atoms with Crippen molar-refractivity contribution in [3.05, 3.63) is 90.1 Å². The molecule has 0 atom stereocenters. The maximum Gasteiger partial charge on any atom is 0.176 e. The number of Topliss-reactive ketones (excluding diaryl/α,β-unsaturated/α-hetero) is 1. The highest BCUT2D eigenvalue weighted by Gasteiger charge is 2.06. The first-order chi connectivity index (χ1) is 14.1. The fourth-order valence-corrected chi connectivity index (χ4v) is 3.41. The molecule has 1 aromatic heterocycles. The van der Waals surface area contributed by atoms with Crippen LogP contribution < -0.4 is 10.6 Å². The largest absolute Gasteiger partial charge is 0.332 e. The summed E-state index contributed by atoms with van der Waals surface area (Å²) >= 11 is 5.37. The van der Waals surface area contributed by atoms with Gasteiger partial charge in [-0.05, 0) is 59.7 Å². The average molecular weight is 401 g/mol. The minimum atomic E-state index is 0.0361. The average Bonchev–Trinajstić information content (AvgIpc) is 3.15. The fraction of sp³-hybridized carbons (Fsp3) is 0.0870. The predicted octanol–water partition coefficient (Wildman–Crippen LogP) is 5.10. The van der Waals surface area contributed by atoms with Crippen molar-refractivity contribution in [2.75, 3.05) is 10.6 Å². The molecule has 1 heterocycles. The molecular formula is C23H20N4OS. The lowest BCUT2D eigenvalue weighted by Gasteiger charge is -2.09. The number of aromatic nitrogens is 2. The van der Waals surface area contributed by atoms with Crippen molar-refractivity contribution in [2.24, 2.45) is 0 Å². The van der Waals surface area contributed by atoms with Gasteiger partial charge in [-0.25, -0.2) is 0 Å². The summed E-state index contributed by atoms with van der Waals surface area (Å²) in [4.78, 5) is 11.4. The summed E-state index contributed by atoms with van der Waals surface area (Å²) < 4.78 is 1.88. The maximum absolute atomic E-state index is 11.4. The Hall–Kier alpha value is -3.51. The number of anilines is 2. The van der Waals surface area contributed by atoms with Gasteiger partial charge in [-0.3, -0.25) is 9.48 Å². The van der Waals surface area contributed by atoms with Gasteiger partial charge in [-0.15, -0.1) is 0 Å². The van der Waals surface area contributed by atoms with E-state index in [4.69, 9.17) is 12.2 Å². The SMILES string of the molecule is CC(=O)c1ccc(NC(=S)Nc2ccn(Cc3cccc4ccccc34)n2)cc1. The lowest BCUT2D eigenvalue weighted by atomic mass is 10.0. The topological polar surface area (TPSA) is 59.0 Å². The summed E-state index contributed by atoms with van der Waals surface area (Å²) in [5, 5.41) is 13.6. The van der Waals surface area contributed by atoms with Crippen molar-refractivity contribution in [3.8, 4) is 0 Å². The molecule has 0 aliphatic rings. The number of ketones is 1. The summed E-state index contributed by atoms with van der Waals surface area (Å²) in [5.74, 6) is 0.706. The van der Waals surface area contributed by atoms with Gasteiger partial charge < -0.3 is 10.6 Å². The molecular weight excluding hydrogens is 380 g/mol. The summed E-state index contributed by atoms with van der Waals surface area (Å²) in [7, 11) is 0. The minimum absolute atomic E-state index is 0.0361. The van der Waals surface area contributed by atoms with Crippen LogP contribution in [0.3, 0.4) is 0 Å². The van der Waals surface area contributed by atoms with Crippen molar-refractivity contribution in [3.63, 3.8) is 0 Å². The Morgan fingerprint density at radius 2 is 1.72 bits per heavy atom. The van der Waals surface area contributed by atoms with Crippen LogP contribution in [-0.2, 0) is 6.54 Å². The number of fused-ring (bicyclic) bond motifs is 1. The maximum atomic E-state index is 11.4. The number of carbonyl (C=O) groups excluding carboxylic acids is 1. The lowest BCUT2D eigenvalue weighted by Crippen LogP contribution is -2.19. The van der Waals surface area contributed by atoms with Crippen LogP contribution in [0.4, 0.5) is 11.5 Å². The van der Waals surface area contributed by atoms with E-state index in [-0.39, 0.29) is 5.78 Å². The Bertz CT molecular complexity index is 1180. The van der Waals surface area contributed by atoms with E-state index >= 15 is 0 Å². The third kappa shape index (κ3) is 4.50. The molecule has 144 valence electrons. The van der Waals surface area contributed by atoms with Crippen LogP contribution in [0.5, 0.6) is 0 Å². The molecule has 29 heavy (non-hydrogen) atoms. The molecule has 4 aromatic rings. The van der Waals surface area contributed by atoms with Gasteiger partial charge >= 0.3 is 0 Å². The quantitative estimate of drug-likeness (QED) is 0.361. The molecule has 0 amide bonds. The molecule has 0 aliphatic heterocycles. The molecule has 3 aromatic carbocycles. The second kappa shape index (κ2) is 8.24. The predicted molar refractivity (Wildman–Crippen MR) is 122 cm³/mol. The van der Waals surface area contributed by atoms with Gasteiger partial charge in [-0.1, -0.05) is 42.5 Å². The third-order valence-electron chi connectivity index (χ3n) is 4.64. The normalized spacial score (nSPS) is 10.7. The van der Waals surface area contributed by atoms with E-state index in [0.717, 1.165) is 5.69 Å². The number of thiocarbonyl (C=S) groups is 1. The summed E-state index contributed by atoms with van der Waals surface area (Å²) in [6.45, 7) is 2.22. The van der Waals surface area contributed by atoms with Gasteiger partial charge in [0.15, 0.2) is 16.7 Å². The zero-order valence-corrected chi connectivity index (χ0v) is 16.7. The number of rotatable bonds is 5. The van der Waals surface area contributed by atoms with Gasteiger partial charge in [0.05, 0.1) is 6.54 Å². The summed E-state index contributed by atoms with van der Waals surface area (Å²) in [5.41, 5.74) is 2.69. The van der Waals surface area contributed by atoms with Gasteiger partial charge in [0.1, 0.15) is 0 Å². The number of hydrogen-bond donors (Lipinski definition) is 2. The highest BCUT2D eigenvalue weighted by Crippen LogP contribution is 2.19. The van der Waals surface area contributed by atoms with Crippen molar-refractivity contribution in [2.45, 2.75) is 13.5 Å². The molecule has 0 spiro atoms. The molecule has 0 radical (unpaired) electrons. The number of hydrogen-bond acceptors (Lipinski definition) is 3. The monoisotopic (exact) mass is 400 g/mol. The van der Waals surface area contributed by atoms with Crippen molar-refractivity contribution >= 4 is 45.4 Å². The molecule has 0 aliphatic carbocycles. The molecule has 6 heteroatoms. The van der Waals surface area contributed by atoms with E-state index in [2.05, 4.69) is 52.1 Å². The second-order valence-electron chi connectivity index (χ2n) is 6.75. The molecule has 4 rings (SSSR count). The minimum Gasteiger partial charge on any atom is -0.332 e. The zero-order chi connectivity index (χ0) is 20.2. The Morgan fingerprint density at radius 1 is 0.966 bits per heavy atom. The number of benzene rings is 3. The van der Waals surface area contributed by atoms with Crippen molar-refractivity contribution < 1.29 is 4.79 Å². The highest BCUT2D eigenvalue weighted by molar-refractivity contribution is 7.80. The first-order valence-corrected chi connectivity index (χ1v) is 9.68. The highest BCUT2D eigenvalue weighted by atomic mass is 32.1. The first-order valence-electron chi connectivity index (χ1n) is 9.27. The fourth-order valence-electron chi connectivity index (χ4n) is 3.19. The Balaban J connectivity index is 1.41. The van der Waals surface area contributed by atoms with Crippen molar-refractivity contribution in [1.29, 1.82) is 0 Å². The van der Waals surface area contributed by atoms with Crippen LogP contribution in [0.2, 0.25) is 0 Å². The van der Waals surface area contributed by atoms with E-state index in [1.807, 2.05) is 35.1 Å². The molecule has 0 saturated carbocycles. The van der Waals surface area contributed by atoms with Crippen LogP contribution in [-0.4, -0.2) is 20.7 Å². The number of carbonyl (C=O) groups is 1. The molecule has 0 unspecified atom stereocenters. The Labute approximate surface area is 174 Å². The molecule has 0 bridgehead atoms. The smallest absolute Gasteiger partial charge is 0.176 e. The Kier molecular flexibility index (Phi) is 5.35.